The summed E-state index contributed by atoms with van der Waals surface area (Å²) in [6.45, 7) is 14.6. The van der Waals surface area contributed by atoms with Gasteiger partial charge in [-0.2, -0.15) is 0 Å². The van der Waals surface area contributed by atoms with Crippen molar-refractivity contribution in [2.24, 2.45) is 0 Å². The Balaban J connectivity index is 1.89. The topological polar surface area (TPSA) is 0 Å². The highest BCUT2D eigenvalue weighted by atomic mass is 79.9. The molecule has 0 nitrogen and oxygen atoms in total. The molecule has 0 bridgehead atoms. The lowest BCUT2D eigenvalue weighted by Crippen LogP contribution is -2.41. The van der Waals surface area contributed by atoms with E-state index >= 15 is 0 Å². The quantitative estimate of drug-likeness (QED) is 0.352. The molecule has 132 valence electrons. The highest BCUT2D eigenvalue weighted by Gasteiger charge is 2.50. The van der Waals surface area contributed by atoms with Gasteiger partial charge in [0.15, 0.2) is 0 Å². The van der Waals surface area contributed by atoms with Crippen LogP contribution >= 0.6 is 54.5 Å². The summed E-state index contributed by atoms with van der Waals surface area (Å²) in [5.74, 6) is 0. The molecule has 2 aromatic heterocycles. The van der Waals surface area contributed by atoms with Crippen LogP contribution in [0.25, 0.3) is 11.1 Å². The second-order valence-corrected chi connectivity index (χ2v) is 16.3. The third-order valence-electron chi connectivity index (χ3n) is 6.36. The molecule has 0 N–H and O–H groups in total. The highest BCUT2D eigenvalue weighted by Crippen LogP contribution is 2.59. The van der Waals surface area contributed by atoms with Crippen molar-refractivity contribution in [3.05, 3.63) is 51.7 Å². The summed E-state index contributed by atoms with van der Waals surface area (Å²) in [6, 6.07) is 0. The monoisotopic (exact) mass is 512 g/mol. The Hall–Kier alpha value is 0.0569. The van der Waals surface area contributed by atoms with Gasteiger partial charge in [0.05, 0.1) is 8.07 Å². The third kappa shape index (κ3) is 2.38. The zero-order valence-corrected chi connectivity index (χ0v) is 21.2. The Morgan fingerprint density at radius 3 is 1.48 bits per heavy atom. The minimum atomic E-state index is -1.66. The van der Waals surface area contributed by atoms with Gasteiger partial charge in [-0.15, -0.1) is 22.7 Å². The third-order valence-corrected chi connectivity index (χ3v) is 15.2. The molecule has 2 atom stereocenters. The van der Waals surface area contributed by atoms with Crippen LogP contribution in [0.15, 0.2) is 30.9 Å². The Morgan fingerprint density at radius 1 is 0.760 bits per heavy atom. The Bertz CT molecular complexity index is 882. The zero-order valence-electron chi connectivity index (χ0n) is 15.4. The van der Waals surface area contributed by atoms with Crippen molar-refractivity contribution in [2.45, 2.75) is 51.9 Å². The molecule has 0 aromatic carbocycles. The van der Waals surface area contributed by atoms with Gasteiger partial charge in [-0.3, -0.25) is 0 Å². The number of fused-ring (bicyclic) bond motifs is 2. The Kier molecular flexibility index (Phi) is 4.44. The van der Waals surface area contributed by atoms with E-state index in [2.05, 4.69) is 83.4 Å². The molecule has 0 amide bonds. The average molecular weight is 514 g/mol. The average Bonchev–Trinajstić information content (AvgIpc) is 3.21. The molecule has 2 unspecified atom stereocenters. The van der Waals surface area contributed by atoms with Crippen LogP contribution in [0.4, 0.5) is 0 Å². The maximum atomic E-state index is 3.79. The van der Waals surface area contributed by atoms with Crippen LogP contribution in [0.2, 0.25) is 13.1 Å². The lowest BCUT2D eigenvalue weighted by molar-refractivity contribution is 0.991. The highest BCUT2D eigenvalue weighted by molar-refractivity contribution is 9.11. The normalized spacial score (nSPS) is 22.9. The van der Waals surface area contributed by atoms with E-state index in [-0.39, 0.29) is 0 Å². The summed E-state index contributed by atoms with van der Waals surface area (Å²) < 4.78 is 2.57. The molecular weight excluding hydrogens is 492 g/mol. The van der Waals surface area contributed by atoms with Gasteiger partial charge in [-0.05, 0) is 70.7 Å². The van der Waals surface area contributed by atoms with Gasteiger partial charge >= 0.3 is 0 Å². The van der Waals surface area contributed by atoms with Gasteiger partial charge in [-0.1, -0.05) is 24.2 Å². The molecular formula is C20H22Br2S2Si. The number of halogens is 2. The predicted molar refractivity (Wildman–Crippen MR) is 124 cm³/mol. The van der Waals surface area contributed by atoms with Crippen LogP contribution in [0.5, 0.6) is 0 Å². The van der Waals surface area contributed by atoms with Crippen LogP contribution in [0.3, 0.4) is 0 Å². The van der Waals surface area contributed by atoms with E-state index < -0.39 is 8.07 Å². The van der Waals surface area contributed by atoms with Crippen molar-refractivity contribution in [1.82, 2.24) is 0 Å². The first-order valence-corrected chi connectivity index (χ1v) is 15.1. The first-order chi connectivity index (χ1) is 11.7. The van der Waals surface area contributed by atoms with Crippen molar-refractivity contribution < 1.29 is 0 Å². The molecule has 4 rings (SSSR count). The summed E-state index contributed by atoms with van der Waals surface area (Å²) in [7, 11) is -1.66. The van der Waals surface area contributed by atoms with E-state index in [1.54, 1.807) is 20.9 Å². The van der Waals surface area contributed by atoms with Crippen LogP contribution < -0.4 is 0 Å². The molecule has 2 aliphatic rings. The molecule has 5 heteroatoms. The number of allylic oxidation sites excluding steroid dienone is 4. The number of thiophene rings is 2. The van der Waals surface area contributed by atoms with Gasteiger partial charge < -0.3 is 0 Å². The van der Waals surface area contributed by atoms with E-state index in [1.165, 1.54) is 31.2 Å². The van der Waals surface area contributed by atoms with Gasteiger partial charge in [0.2, 0.25) is 0 Å². The van der Waals surface area contributed by atoms with E-state index in [4.69, 9.17) is 0 Å². The van der Waals surface area contributed by atoms with E-state index in [0.29, 0.717) is 11.1 Å². The summed E-state index contributed by atoms with van der Waals surface area (Å²) in [5, 5.41) is 4.57. The Labute approximate surface area is 176 Å². The first kappa shape index (κ1) is 18.4. The molecule has 0 saturated heterocycles. The van der Waals surface area contributed by atoms with Crippen molar-refractivity contribution >= 4 is 73.8 Å². The molecule has 0 fully saturated rings. The Morgan fingerprint density at radius 2 is 1.12 bits per heavy atom. The zero-order chi connectivity index (χ0) is 18.3. The van der Waals surface area contributed by atoms with Crippen molar-refractivity contribution in [1.29, 1.82) is 0 Å². The van der Waals surface area contributed by atoms with Gasteiger partial charge in [0, 0.05) is 51.7 Å². The number of rotatable bonds is 2. The lowest BCUT2D eigenvalue weighted by Gasteiger charge is -2.37. The standard InChI is InChI=1S/C20H22Br2S2Si/c1-9-11(3)19(17-15(9)13(21)7-23-17)25(5,6)20-12(4)10(2)16-14(22)8-24-18(16)20/h7-8,19-20H,1-6H3. The molecule has 0 radical (unpaired) electrons. The number of hydrogen-bond acceptors (Lipinski definition) is 2. The summed E-state index contributed by atoms with van der Waals surface area (Å²) >= 11 is 11.5. The first-order valence-electron chi connectivity index (χ1n) is 8.57. The van der Waals surface area contributed by atoms with E-state index in [0.717, 1.165) is 0 Å². The largest absolute Gasteiger partial charge is 0.147 e. The van der Waals surface area contributed by atoms with Gasteiger partial charge in [-0.25, -0.2) is 0 Å². The van der Waals surface area contributed by atoms with Gasteiger partial charge in [0.25, 0.3) is 0 Å². The van der Waals surface area contributed by atoms with Crippen molar-refractivity contribution in [2.75, 3.05) is 0 Å². The van der Waals surface area contributed by atoms with Gasteiger partial charge in [0.1, 0.15) is 0 Å². The molecule has 0 spiro atoms. The fourth-order valence-electron chi connectivity index (χ4n) is 5.03. The summed E-state index contributed by atoms with van der Waals surface area (Å²) in [5.41, 5.74) is 10.4. The van der Waals surface area contributed by atoms with Crippen molar-refractivity contribution in [3.8, 4) is 0 Å². The predicted octanol–water partition coefficient (Wildman–Crippen LogP) is 8.60. The van der Waals surface area contributed by atoms with Crippen LogP contribution in [-0.2, 0) is 0 Å². The van der Waals surface area contributed by atoms with E-state index in [9.17, 15) is 0 Å². The molecule has 25 heavy (non-hydrogen) atoms. The molecule has 2 aromatic rings. The fourth-order valence-corrected chi connectivity index (χ4v) is 15.8. The maximum absolute atomic E-state index is 3.79. The van der Waals surface area contributed by atoms with Crippen LogP contribution in [0, 0.1) is 0 Å². The minimum Gasteiger partial charge on any atom is -0.147 e. The van der Waals surface area contributed by atoms with Crippen LogP contribution in [-0.4, -0.2) is 8.07 Å². The molecule has 2 aliphatic carbocycles. The smallest absolute Gasteiger partial charge is 0.0743 e. The molecule has 0 aliphatic heterocycles. The summed E-state index contributed by atoms with van der Waals surface area (Å²) in [4.78, 5) is 3.21. The molecule has 0 saturated carbocycles. The maximum Gasteiger partial charge on any atom is 0.0743 e. The van der Waals surface area contributed by atoms with Crippen LogP contribution in [0.1, 0.15) is 59.7 Å². The summed E-state index contributed by atoms with van der Waals surface area (Å²) in [6.07, 6.45) is 0. The fraction of sp³-hybridized carbons (Fsp3) is 0.400. The SMILES string of the molecule is CC1=C(C)C([Si](C)(C)C2C(C)=C(C)c3c(Br)csc32)c2scc(Br)c21. The van der Waals surface area contributed by atoms with E-state index in [1.807, 2.05) is 22.7 Å². The number of hydrogen-bond donors (Lipinski definition) is 0. The second-order valence-electron chi connectivity index (χ2n) is 7.95. The lowest BCUT2D eigenvalue weighted by atomic mass is 10.1. The van der Waals surface area contributed by atoms with Crippen molar-refractivity contribution in [3.63, 3.8) is 0 Å². The minimum absolute atomic E-state index is 0.623. The molecule has 2 heterocycles. The second kappa shape index (κ2) is 6.03.